The van der Waals surface area contributed by atoms with E-state index in [2.05, 4.69) is 5.32 Å². The Hall–Kier alpha value is -3.60. The number of nitriles is 1. The molecule has 0 unspecified atom stereocenters. The highest BCUT2D eigenvalue weighted by Gasteiger charge is 2.13. The number of amides is 1. The molecule has 1 aromatic heterocycles. The van der Waals surface area contributed by atoms with Crippen LogP contribution in [0.3, 0.4) is 0 Å². The Kier molecular flexibility index (Phi) is 5.98. The molecule has 144 valence electrons. The van der Waals surface area contributed by atoms with Crippen molar-refractivity contribution in [2.24, 2.45) is 0 Å². The number of carbonyl (C=O) groups is 1. The Morgan fingerprint density at radius 2 is 1.86 bits per heavy atom. The molecule has 0 aliphatic rings. The summed E-state index contributed by atoms with van der Waals surface area (Å²) >= 11 is 12.1. The third-order valence-corrected chi connectivity index (χ3v) is 4.37. The number of furan rings is 1. The number of non-ortho nitro benzene ring substituents is 1. The van der Waals surface area contributed by atoms with E-state index in [0.29, 0.717) is 27.1 Å². The first-order valence-corrected chi connectivity index (χ1v) is 8.86. The molecule has 0 bridgehead atoms. The molecule has 0 spiro atoms. The van der Waals surface area contributed by atoms with Gasteiger partial charge in [0, 0.05) is 34.5 Å². The van der Waals surface area contributed by atoms with E-state index in [0.717, 1.165) is 0 Å². The molecule has 0 atom stereocenters. The number of rotatable bonds is 5. The van der Waals surface area contributed by atoms with Gasteiger partial charge in [-0.2, -0.15) is 5.26 Å². The predicted octanol–water partition coefficient (Wildman–Crippen LogP) is 5.71. The van der Waals surface area contributed by atoms with Crippen LogP contribution in [0.2, 0.25) is 10.0 Å². The van der Waals surface area contributed by atoms with Gasteiger partial charge >= 0.3 is 0 Å². The number of anilines is 1. The van der Waals surface area contributed by atoms with E-state index in [1.54, 1.807) is 36.4 Å². The molecule has 7 nitrogen and oxygen atoms in total. The Bertz CT molecular complexity index is 1160. The van der Waals surface area contributed by atoms with Gasteiger partial charge in [-0.25, -0.2) is 0 Å². The van der Waals surface area contributed by atoms with Gasteiger partial charge < -0.3 is 9.73 Å². The molecule has 1 heterocycles. The third kappa shape index (κ3) is 4.82. The van der Waals surface area contributed by atoms with Crippen LogP contribution in [-0.4, -0.2) is 10.8 Å². The summed E-state index contributed by atoms with van der Waals surface area (Å²) in [6.45, 7) is 0. The zero-order valence-corrected chi connectivity index (χ0v) is 16.1. The standard InChI is InChI=1S/C20H11Cl2N3O4/c21-13-1-7-18(22)17(10-13)19-8-6-16(29-19)9-12(11-23)20(26)24-14-2-4-15(5-3-14)25(27)28/h1-10H,(H,24,26)/b12-9+. The maximum atomic E-state index is 12.3. The summed E-state index contributed by atoms with van der Waals surface area (Å²) in [5.74, 6) is 0.0170. The number of nitro groups is 1. The van der Waals surface area contributed by atoms with Gasteiger partial charge in [-0.15, -0.1) is 0 Å². The van der Waals surface area contributed by atoms with Crippen molar-refractivity contribution in [1.82, 2.24) is 0 Å². The number of hydrogen-bond acceptors (Lipinski definition) is 5. The van der Waals surface area contributed by atoms with Gasteiger partial charge in [-0.3, -0.25) is 14.9 Å². The SMILES string of the molecule is N#C/C(=C\c1ccc(-c2cc(Cl)ccc2Cl)o1)C(=O)Nc1ccc([N+](=O)[O-])cc1. The minimum absolute atomic E-state index is 0.109. The average Bonchev–Trinajstić information content (AvgIpc) is 3.16. The second kappa shape index (κ2) is 8.61. The van der Waals surface area contributed by atoms with Crippen molar-refractivity contribution >= 4 is 46.6 Å². The Labute approximate surface area is 174 Å². The monoisotopic (exact) mass is 427 g/mol. The smallest absolute Gasteiger partial charge is 0.269 e. The van der Waals surface area contributed by atoms with Crippen molar-refractivity contribution in [2.75, 3.05) is 5.32 Å². The van der Waals surface area contributed by atoms with E-state index >= 15 is 0 Å². The molecule has 2 aromatic carbocycles. The Balaban J connectivity index is 1.80. The largest absolute Gasteiger partial charge is 0.457 e. The van der Waals surface area contributed by atoms with Gasteiger partial charge in [0.15, 0.2) is 0 Å². The second-order valence-electron chi connectivity index (χ2n) is 5.75. The van der Waals surface area contributed by atoms with Gasteiger partial charge in [0.05, 0.1) is 9.95 Å². The molecule has 1 amide bonds. The van der Waals surface area contributed by atoms with Gasteiger partial charge in [-0.1, -0.05) is 23.2 Å². The summed E-state index contributed by atoms with van der Waals surface area (Å²) in [6, 6.07) is 15.2. The summed E-state index contributed by atoms with van der Waals surface area (Å²) in [7, 11) is 0. The van der Waals surface area contributed by atoms with Crippen molar-refractivity contribution in [3.05, 3.63) is 86.1 Å². The summed E-state index contributed by atoms with van der Waals surface area (Å²) in [6.07, 6.45) is 1.28. The van der Waals surface area contributed by atoms with Gasteiger partial charge in [0.1, 0.15) is 23.2 Å². The summed E-state index contributed by atoms with van der Waals surface area (Å²) in [5.41, 5.74) is 0.573. The summed E-state index contributed by atoms with van der Waals surface area (Å²) < 4.78 is 5.65. The molecule has 1 N–H and O–H groups in total. The highest BCUT2D eigenvalue weighted by Crippen LogP contribution is 2.32. The molecule has 0 aliphatic heterocycles. The van der Waals surface area contributed by atoms with E-state index in [-0.39, 0.29) is 17.0 Å². The van der Waals surface area contributed by atoms with Crippen molar-refractivity contribution < 1.29 is 14.1 Å². The first-order valence-electron chi connectivity index (χ1n) is 8.10. The minimum atomic E-state index is -0.680. The highest BCUT2D eigenvalue weighted by atomic mass is 35.5. The molecule has 3 rings (SSSR count). The van der Waals surface area contributed by atoms with Crippen LogP contribution >= 0.6 is 23.2 Å². The van der Waals surface area contributed by atoms with Crippen molar-refractivity contribution in [3.63, 3.8) is 0 Å². The van der Waals surface area contributed by atoms with Crippen LogP contribution < -0.4 is 5.32 Å². The molecule has 0 aliphatic carbocycles. The molecule has 29 heavy (non-hydrogen) atoms. The number of nitro benzene ring substituents is 1. The lowest BCUT2D eigenvalue weighted by Crippen LogP contribution is -2.13. The van der Waals surface area contributed by atoms with Crippen LogP contribution in [-0.2, 0) is 4.79 Å². The summed E-state index contributed by atoms with van der Waals surface area (Å²) in [5, 5.41) is 23.4. The van der Waals surface area contributed by atoms with E-state index in [1.165, 1.54) is 30.3 Å². The van der Waals surface area contributed by atoms with E-state index < -0.39 is 10.8 Å². The van der Waals surface area contributed by atoms with Crippen LogP contribution in [0, 0.1) is 21.4 Å². The zero-order valence-electron chi connectivity index (χ0n) is 14.6. The Morgan fingerprint density at radius 3 is 2.52 bits per heavy atom. The van der Waals surface area contributed by atoms with E-state index in [4.69, 9.17) is 27.6 Å². The third-order valence-electron chi connectivity index (χ3n) is 3.81. The van der Waals surface area contributed by atoms with Crippen LogP contribution in [0.25, 0.3) is 17.4 Å². The number of carbonyl (C=O) groups excluding carboxylic acids is 1. The maximum absolute atomic E-state index is 12.3. The fourth-order valence-corrected chi connectivity index (χ4v) is 2.80. The van der Waals surface area contributed by atoms with Crippen molar-refractivity contribution in [1.29, 1.82) is 5.26 Å². The Morgan fingerprint density at radius 1 is 1.14 bits per heavy atom. The molecule has 0 fully saturated rings. The lowest BCUT2D eigenvalue weighted by Gasteiger charge is -2.03. The predicted molar refractivity (Wildman–Crippen MR) is 109 cm³/mol. The lowest BCUT2D eigenvalue weighted by atomic mass is 10.2. The number of nitrogens with zero attached hydrogens (tertiary/aromatic N) is 2. The molecular formula is C20H11Cl2N3O4. The topological polar surface area (TPSA) is 109 Å². The second-order valence-corrected chi connectivity index (χ2v) is 6.60. The van der Waals surface area contributed by atoms with Crippen LogP contribution in [0.15, 0.2) is 64.6 Å². The van der Waals surface area contributed by atoms with Gasteiger partial charge in [-0.05, 0) is 42.5 Å². The van der Waals surface area contributed by atoms with Crippen molar-refractivity contribution in [2.45, 2.75) is 0 Å². The average molecular weight is 428 g/mol. The normalized spacial score (nSPS) is 11.0. The molecule has 0 radical (unpaired) electrons. The van der Waals surface area contributed by atoms with Gasteiger partial charge in [0.2, 0.25) is 0 Å². The quantitative estimate of drug-likeness (QED) is 0.242. The first-order chi connectivity index (χ1) is 13.9. The van der Waals surface area contributed by atoms with Crippen molar-refractivity contribution in [3.8, 4) is 17.4 Å². The maximum Gasteiger partial charge on any atom is 0.269 e. The number of halogens is 2. The molecule has 3 aromatic rings. The minimum Gasteiger partial charge on any atom is -0.457 e. The van der Waals surface area contributed by atoms with Crippen LogP contribution in [0.1, 0.15) is 5.76 Å². The molecular weight excluding hydrogens is 417 g/mol. The zero-order chi connectivity index (χ0) is 21.0. The fraction of sp³-hybridized carbons (Fsp3) is 0. The highest BCUT2D eigenvalue weighted by molar-refractivity contribution is 6.35. The number of nitrogens with one attached hydrogen (secondary N) is 1. The molecule has 0 saturated heterocycles. The fourth-order valence-electron chi connectivity index (χ4n) is 2.42. The number of benzene rings is 2. The lowest BCUT2D eigenvalue weighted by molar-refractivity contribution is -0.384. The number of hydrogen-bond donors (Lipinski definition) is 1. The molecule has 0 saturated carbocycles. The molecule has 9 heteroatoms. The first kappa shape index (κ1) is 20.1. The van der Waals surface area contributed by atoms with Crippen LogP contribution in [0.4, 0.5) is 11.4 Å². The summed E-state index contributed by atoms with van der Waals surface area (Å²) in [4.78, 5) is 22.5. The van der Waals surface area contributed by atoms with E-state index in [1.807, 2.05) is 0 Å². The van der Waals surface area contributed by atoms with Gasteiger partial charge in [0.25, 0.3) is 11.6 Å². The van der Waals surface area contributed by atoms with Crippen LogP contribution in [0.5, 0.6) is 0 Å². The van der Waals surface area contributed by atoms with E-state index in [9.17, 15) is 20.2 Å².